The third-order valence-electron chi connectivity index (χ3n) is 4.44. The van der Waals surface area contributed by atoms with Crippen molar-refractivity contribution in [1.29, 1.82) is 0 Å². The molecule has 3 rings (SSSR count). The zero-order valence-corrected chi connectivity index (χ0v) is 15.7. The minimum atomic E-state index is -0.448. The molecule has 1 saturated heterocycles. The molecule has 8 heteroatoms. The molecule has 0 radical (unpaired) electrons. The molecule has 2 aromatic carbocycles. The number of halogens is 1. The van der Waals surface area contributed by atoms with E-state index in [2.05, 4.69) is 4.90 Å². The Morgan fingerprint density at radius 3 is 2.56 bits per heavy atom. The molecular formula is C19H20ClN3O4. The zero-order valence-electron chi connectivity index (χ0n) is 14.9. The summed E-state index contributed by atoms with van der Waals surface area (Å²) >= 11 is 5.97. The summed E-state index contributed by atoms with van der Waals surface area (Å²) in [6.45, 7) is 4.53. The lowest BCUT2D eigenvalue weighted by Crippen LogP contribution is -2.48. The summed E-state index contributed by atoms with van der Waals surface area (Å²) < 4.78 is 5.41. The molecule has 0 atom stereocenters. The summed E-state index contributed by atoms with van der Waals surface area (Å²) in [6, 6.07) is 11.8. The van der Waals surface area contributed by atoms with Crippen molar-refractivity contribution in [2.24, 2.45) is 0 Å². The SMILES string of the molecule is CCOc1cc(N2CCN(C(=O)c3cccc(Cl)c3)CC2)ccc1[N+](=O)[O-]. The van der Waals surface area contributed by atoms with Gasteiger partial charge >= 0.3 is 5.69 Å². The van der Waals surface area contributed by atoms with E-state index in [1.807, 2.05) is 0 Å². The molecule has 0 aliphatic carbocycles. The molecular weight excluding hydrogens is 370 g/mol. The van der Waals surface area contributed by atoms with Crippen molar-refractivity contribution in [3.63, 3.8) is 0 Å². The molecule has 1 aliphatic rings. The Morgan fingerprint density at radius 1 is 1.19 bits per heavy atom. The number of piperazine rings is 1. The van der Waals surface area contributed by atoms with Crippen molar-refractivity contribution in [3.05, 3.63) is 63.2 Å². The summed E-state index contributed by atoms with van der Waals surface area (Å²) in [4.78, 5) is 27.2. The van der Waals surface area contributed by atoms with Crippen molar-refractivity contribution in [2.75, 3.05) is 37.7 Å². The average Bonchev–Trinajstić information content (AvgIpc) is 2.67. The highest BCUT2D eigenvalue weighted by atomic mass is 35.5. The lowest BCUT2D eigenvalue weighted by molar-refractivity contribution is -0.385. The number of hydrogen-bond donors (Lipinski definition) is 0. The zero-order chi connectivity index (χ0) is 19.4. The summed E-state index contributed by atoms with van der Waals surface area (Å²) in [5.41, 5.74) is 1.37. The van der Waals surface area contributed by atoms with Crippen molar-refractivity contribution in [2.45, 2.75) is 6.92 Å². The first-order chi connectivity index (χ1) is 13.0. The molecule has 2 aromatic rings. The molecule has 142 valence electrons. The highest BCUT2D eigenvalue weighted by Crippen LogP contribution is 2.32. The molecule has 1 aliphatic heterocycles. The summed E-state index contributed by atoms with van der Waals surface area (Å²) in [5, 5.41) is 11.7. The number of benzene rings is 2. The van der Waals surface area contributed by atoms with Gasteiger partial charge in [-0.25, -0.2) is 0 Å². The van der Waals surface area contributed by atoms with Crippen LogP contribution in [0.4, 0.5) is 11.4 Å². The molecule has 0 aromatic heterocycles. The first kappa shape index (κ1) is 19.0. The van der Waals surface area contributed by atoms with E-state index in [-0.39, 0.29) is 17.3 Å². The number of rotatable bonds is 5. The molecule has 0 bridgehead atoms. The van der Waals surface area contributed by atoms with Crippen LogP contribution in [0, 0.1) is 10.1 Å². The Morgan fingerprint density at radius 2 is 1.93 bits per heavy atom. The van der Waals surface area contributed by atoms with E-state index in [1.54, 1.807) is 48.2 Å². The van der Waals surface area contributed by atoms with E-state index in [0.717, 1.165) is 5.69 Å². The fraction of sp³-hybridized carbons (Fsp3) is 0.316. The van der Waals surface area contributed by atoms with E-state index in [0.29, 0.717) is 43.4 Å². The predicted octanol–water partition coefficient (Wildman–Crippen LogP) is 3.61. The van der Waals surface area contributed by atoms with Gasteiger partial charge in [0.05, 0.1) is 11.5 Å². The Bertz CT molecular complexity index is 851. The molecule has 1 fully saturated rings. The molecule has 27 heavy (non-hydrogen) atoms. The second kappa shape index (κ2) is 8.26. The summed E-state index contributed by atoms with van der Waals surface area (Å²) in [5.74, 6) is 0.216. The van der Waals surface area contributed by atoms with Gasteiger partial charge in [0.15, 0.2) is 5.75 Å². The fourth-order valence-electron chi connectivity index (χ4n) is 3.09. The molecule has 0 unspecified atom stereocenters. The lowest BCUT2D eigenvalue weighted by Gasteiger charge is -2.36. The Kier molecular flexibility index (Phi) is 5.81. The smallest absolute Gasteiger partial charge is 0.311 e. The van der Waals surface area contributed by atoms with Crippen molar-refractivity contribution < 1.29 is 14.5 Å². The van der Waals surface area contributed by atoms with Gasteiger partial charge in [0, 0.05) is 54.6 Å². The van der Waals surface area contributed by atoms with Crippen LogP contribution < -0.4 is 9.64 Å². The van der Waals surface area contributed by atoms with Gasteiger partial charge in [-0.1, -0.05) is 17.7 Å². The van der Waals surface area contributed by atoms with Gasteiger partial charge in [0.25, 0.3) is 5.91 Å². The largest absolute Gasteiger partial charge is 0.487 e. The van der Waals surface area contributed by atoms with Crippen molar-refractivity contribution in [3.8, 4) is 5.75 Å². The first-order valence-electron chi connectivity index (χ1n) is 8.70. The monoisotopic (exact) mass is 389 g/mol. The third-order valence-corrected chi connectivity index (χ3v) is 4.68. The van der Waals surface area contributed by atoms with Crippen molar-refractivity contribution >= 4 is 28.9 Å². The van der Waals surface area contributed by atoms with Gasteiger partial charge < -0.3 is 14.5 Å². The first-order valence-corrected chi connectivity index (χ1v) is 9.08. The van der Waals surface area contributed by atoms with Gasteiger partial charge in [0.1, 0.15) is 0 Å². The number of nitro benzene ring substituents is 1. The van der Waals surface area contributed by atoms with Gasteiger partial charge in [0.2, 0.25) is 0 Å². The number of anilines is 1. The highest BCUT2D eigenvalue weighted by molar-refractivity contribution is 6.30. The quantitative estimate of drug-likeness (QED) is 0.576. The van der Waals surface area contributed by atoms with E-state index in [4.69, 9.17) is 16.3 Å². The maximum atomic E-state index is 12.6. The summed E-state index contributed by atoms with van der Waals surface area (Å²) in [6.07, 6.45) is 0. The van der Waals surface area contributed by atoms with Crippen LogP contribution >= 0.6 is 11.6 Å². The number of nitro groups is 1. The van der Waals surface area contributed by atoms with Crippen LogP contribution in [0.3, 0.4) is 0 Å². The van der Waals surface area contributed by atoms with E-state index >= 15 is 0 Å². The number of carbonyl (C=O) groups excluding carboxylic acids is 1. The molecule has 0 spiro atoms. The lowest BCUT2D eigenvalue weighted by atomic mass is 10.1. The third kappa shape index (κ3) is 4.31. The van der Waals surface area contributed by atoms with Crippen LogP contribution in [-0.2, 0) is 0 Å². The number of amides is 1. The Hall–Kier alpha value is -2.80. The van der Waals surface area contributed by atoms with Crippen LogP contribution in [0.25, 0.3) is 0 Å². The number of nitrogens with zero attached hydrogens (tertiary/aromatic N) is 3. The standard InChI is InChI=1S/C19H20ClN3O4/c1-2-27-18-13-16(6-7-17(18)23(25)26)21-8-10-22(11-9-21)19(24)14-4-3-5-15(20)12-14/h3-7,12-13H,2,8-11H2,1H3. The van der Waals surface area contributed by atoms with Crippen LogP contribution in [0.5, 0.6) is 5.75 Å². The average molecular weight is 390 g/mol. The molecule has 7 nitrogen and oxygen atoms in total. The number of ether oxygens (including phenoxy) is 1. The second-order valence-corrected chi connectivity index (χ2v) is 6.57. The van der Waals surface area contributed by atoms with Crippen LogP contribution in [0.2, 0.25) is 5.02 Å². The van der Waals surface area contributed by atoms with Gasteiger partial charge in [-0.2, -0.15) is 0 Å². The predicted molar refractivity (Wildman–Crippen MR) is 104 cm³/mol. The maximum absolute atomic E-state index is 12.6. The fourth-order valence-corrected chi connectivity index (χ4v) is 3.28. The molecule has 1 amide bonds. The van der Waals surface area contributed by atoms with Gasteiger partial charge in [-0.3, -0.25) is 14.9 Å². The highest BCUT2D eigenvalue weighted by Gasteiger charge is 2.24. The van der Waals surface area contributed by atoms with Crippen LogP contribution in [0.15, 0.2) is 42.5 Å². The topological polar surface area (TPSA) is 75.9 Å². The Balaban J connectivity index is 1.69. The van der Waals surface area contributed by atoms with Gasteiger partial charge in [-0.05, 0) is 31.2 Å². The second-order valence-electron chi connectivity index (χ2n) is 6.13. The molecule has 1 heterocycles. The van der Waals surface area contributed by atoms with E-state index in [1.165, 1.54) is 6.07 Å². The maximum Gasteiger partial charge on any atom is 0.311 e. The number of carbonyl (C=O) groups is 1. The van der Waals surface area contributed by atoms with Crippen LogP contribution in [-0.4, -0.2) is 48.5 Å². The minimum Gasteiger partial charge on any atom is -0.487 e. The van der Waals surface area contributed by atoms with Crippen LogP contribution in [0.1, 0.15) is 17.3 Å². The molecule has 0 saturated carbocycles. The number of hydrogen-bond acceptors (Lipinski definition) is 5. The van der Waals surface area contributed by atoms with E-state index in [9.17, 15) is 14.9 Å². The normalized spacial score (nSPS) is 14.1. The van der Waals surface area contributed by atoms with Crippen molar-refractivity contribution in [1.82, 2.24) is 4.90 Å². The van der Waals surface area contributed by atoms with Gasteiger partial charge in [-0.15, -0.1) is 0 Å². The molecule has 0 N–H and O–H groups in total. The minimum absolute atomic E-state index is 0.0455. The van der Waals surface area contributed by atoms with E-state index < -0.39 is 4.92 Å². The summed E-state index contributed by atoms with van der Waals surface area (Å²) in [7, 11) is 0. The Labute approximate surface area is 162 Å².